The molecule has 0 radical (unpaired) electrons. The van der Waals surface area contributed by atoms with Gasteiger partial charge in [-0.2, -0.15) is 0 Å². The van der Waals surface area contributed by atoms with Crippen LogP contribution in [0.3, 0.4) is 0 Å². The minimum absolute atomic E-state index is 0.239. The highest BCUT2D eigenvalue weighted by atomic mass is 79.9. The summed E-state index contributed by atoms with van der Waals surface area (Å²) in [7, 11) is 4.65. The number of ether oxygens (including phenoxy) is 2. The molecular weight excluding hydrogens is 314 g/mol. The Bertz CT molecular complexity index is 462. The standard InChI is InChI=1S/C13H18BrNO4/c1-8(16)7-15(2)13(17)10-5-9(18-3)6-11(14)12(10)19-4/h5-6,8,16H,7H2,1-4H3. The summed E-state index contributed by atoms with van der Waals surface area (Å²) >= 11 is 3.34. The molecule has 1 amide bonds. The van der Waals surface area contributed by atoms with Crippen molar-refractivity contribution < 1.29 is 19.4 Å². The first-order valence-electron chi connectivity index (χ1n) is 5.75. The van der Waals surface area contributed by atoms with E-state index < -0.39 is 6.10 Å². The minimum atomic E-state index is -0.589. The summed E-state index contributed by atoms with van der Waals surface area (Å²) in [5, 5.41) is 9.34. The third-order valence-electron chi connectivity index (χ3n) is 2.57. The number of rotatable bonds is 5. The number of halogens is 1. The van der Waals surface area contributed by atoms with E-state index in [9.17, 15) is 9.90 Å². The van der Waals surface area contributed by atoms with Crippen molar-refractivity contribution in [2.24, 2.45) is 0 Å². The summed E-state index contributed by atoms with van der Waals surface area (Å²) in [6.45, 7) is 1.87. The first-order valence-corrected chi connectivity index (χ1v) is 6.55. The first-order chi connectivity index (χ1) is 8.90. The molecule has 1 unspecified atom stereocenters. The van der Waals surface area contributed by atoms with E-state index in [0.717, 1.165) is 0 Å². The predicted octanol–water partition coefficient (Wildman–Crippen LogP) is 1.92. The largest absolute Gasteiger partial charge is 0.497 e. The molecule has 0 aliphatic rings. The highest BCUT2D eigenvalue weighted by molar-refractivity contribution is 9.10. The molecule has 5 nitrogen and oxygen atoms in total. The van der Waals surface area contributed by atoms with Crippen molar-refractivity contribution in [3.63, 3.8) is 0 Å². The number of hydrogen-bond donors (Lipinski definition) is 1. The van der Waals surface area contributed by atoms with E-state index >= 15 is 0 Å². The zero-order valence-corrected chi connectivity index (χ0v) is 13.0. The van der Waals surface area contributed by atoms with Gasteiger partial charge in [-0.15, -0.1) is 0 Å². The number of hydrogen-bond acceptors (Lipinski definition) is 4. The molecule has 0 saturated heterocycles. The van der Waals surface area contributed by atoms with Crippen molar-refractivity contribution in [3.8, 4) is 11.5 Å². The SMILES string of the molecule is COc1cc(Br)c(OC)c(C(=O)N(C)CC(C)O)c1. The number of likely N-dealkylation sites (N-methyl/N-ethyl adjacent to an activating group) is 1. The van der Waals surface area contributed by atoms with Crippen LogP contribution in [0.1, 0.15) is 17.3 Å². The van der Waals surface area contributed by atoms with Crippen LogP contribution in [-0.4, -0.2) is 49.8 Å². The Hall–Kier alpha value is -1.27. The van der Waals surface area contributed by atoms with Gasteiger partial charge in [-0.05, 0) is 35.0 Å². The van der Waals surface area contributed by atoms with Gasteiger partial charge in [-0.1, -0.05) is 0 Å². The van der Waals surface area contributed by atoms with Gasteiger partial charge in [0.25, 0.3) is 5.91 Å². The van der Waals surface area contributed by atoms with Crippen LogP contribution in [0.25, 0.3) is 0 Å². The van der Waals surface area contributed by atoms with Gasteiger partial charge in [0.05, 0.1) is 30.4 Å². The molecule has 1 rings (SSSR count). The van der Waals surface area contributed by atoms with Crippen molar-refractivity contribution in [2.75, 3.05) is 27.8 Å². The van der Waals surface area contributed by atoms with Crippen LogP contribution in [0.15, 0.2) is 16.6 Å². The van der Waals surface area contributed by atoms with E-state index in [0.29, 0.717) is 21.5 Å². The van der Waals surface area contributed by atoms with Crippen molar-refractivity contribution in [1.82, 2.24) is 4.90 Å². The molecule has 0 bridgehead atoms. The van der Waals surface area contributed by atoms with E-state index in [1.54, 1.807) is 26.1 Å². The molecular formula is C13H18BrNO4. The Labute approximate surface area is 121 Å². The average Bonchev–Trinajstić information content (AvgIpc) is 2.35. The first kappa shape index (κ1) is 15.8. The molecule has 0 fully saturated rings. The van der Waals surface area contributed by atoms with E-state index in [1.807, 2.05) is 0 Å². The molecule has 0 heterocycles. The number of amides is 1. The lowest BCUT2D eigenvalue weighted by Gasteiger charge is -2.21. The van der Waals surface area contributed by atoms with Crippen LogP contribution in [0.2, 0.25) is 0 Å². The molecule has 6 heteroatoms. The number of aliphatic hydroxyl groups is 1. The predicted molar refractivity (Wildman–Crippen MR) is 75.9 cm³/mol. The topological polar surface area (TPSA) is 59.0 Å². The Balaban J connectivity index is 3.16. The molecule has 19 heavy (non-hydrogen) atoms. The molecule has 0 saturated carbocycles. The summed E-state index contributed by atoms with van der Waals surface area (Å²) < 4.78 is 11.0. The second-order valence-electron chi connectivity index (χ2n) is 4.22. The quantitative estimate of drug-likeness (QED) is 0.895. The second-order valence-corrected chi connectivity index (χ2v) is 5.08. The van der Waals surface area contributed by atoms with E-state index in [1.165, 1.54) is 19.1 Å². The molecule has 1 aromatic carbocycles. The smallest absolute Gasteiger partial charge is 0.257 e. The molecule has 0 aliphatic heterocycles. The van der Waals surface area contributed by atoms with Gasteiger partial charge < -0.3 is 19.5 Å². The molecule has 0 aliphatic carbocycles. The number of aliphatic hydroxyl groups excluding tert-OH is 1. The fourth-order valence-corrected chi connectivity index (χ4v) is 2.34. The zero-order chi connectivity index (χ0) is 14.6. The lowest BCUT2D eigenvalue weighted by atomic mass is 10.1. The maximum Gasteiger partial charge on any atom is 0.257 e. The van der Waals surface area contributed by atoms with E-state index in [-0.39, 0.29) is 12.5 Å². The number of carbonyl (C=O) groups excluding carboxylic acids is 1. The molecule has 0 aromatic heterocycles. The van der Waals surface area contributed by atoms with Crippen molar-refractivity contribution in [1.29, 1.82) is 0 Å². The Morgan fingerprint density at radius 1 is 1.42 bits per heavy atom. The highest BCUT2D eigenvalue weighted by Gasteiger charge is 2.21. The number of benzene rings is 1. The normalized spacial score (nSPS) is 11.9. The summed E-state index contributed by atoms with van der Waals surface area (Å²) in [6, 6.07) is 3.34. The number of nitrogens with zero attached hydrogens (tertiary/aromatic N) is 1. The Morgan fingerprint density at radius 2 is 2.05 bits per heavy atom. The van der Waals surface area contributed by atoms with Crippen molar-refractivity contribution >= 4 is 21.8 Å². The van der Waals surface area contributed by atoms with Crippen LogP contribution in [-0.2, 0) is 0 Å². The second kappa shape index (κ2) is 6.77. The van der Waals surface area contributed by atoms with Crippen molar-refractivity contribution in [2.45, 2.75) is 13.0 Å². The number of carbonyl (C=O) groups is 1. The van der Waals surface area contributed by atoms with Gasteiger partial charge in [0.2, 0.25) is 0 Å². The third-order valence-corrected chi connectivity index (χ3v) is 3.16. The Morgan fingerprint density at radius 3 is 2.53 bits per heavy atom. The molecule has 1 atom stereocenters. The fourth-order valence-electron chi connectivity index (χ4n) is 1.74. The van der Waals surface area contributed by atoms with Crippen LogP contribution >= 0.6 is 15.9 Å². The lowest BCUT2D eigenvalue weighted by molar-refractivity contribution is 0.0700. The monoisotopic (exact) mass is 331 g/mol. The third kappa shape index (κ3) is 3.84. The lowest BCUT2D eigenvalue weighted by Crippen LogP contribution is -2.33. The van der Waals surface area contributed by atoms with Crippen LogP contribution in [0.5, 0.6) is 11.5 Å². The van der Waals surface area contributed by atoms with Crippen molar-refractivity contribution in [3.05, 3.63) is 22.2 Å². The van der Waals surface area contributed by atoms with Gasteiger partial charge >= 0.3 is 0 Å². The van der Waals surface area contributed by atoms with Gasteiger partial charge in [0.15, 0.2) is 0 Å². The van der Waals surface area contributed by atoms with E-state index in [2.05, 4.69) is 15.9 Å². The van der Waals surface area contributed by atoms with Gasteiger partial charge in [0.1, 0.15) is 11.5 Å². The molecule has 106 valence electrons. The summed E-state index contributed by atoms with van der Waals surface area (Å²) in [4.78, 5) is 13.8. The van der Waals surface area contributed by atoms with Gasteiger partial charge in [-0.3, -0.25) is 4.79 Å². The maximum absolute atomic E-state index is 12.3. The van der Waals surface area contributed by atoms with Crippen LogP contribution in [0.4, 0.5) is 0 Å². The minimum Gasteiger partial charge on any atom is -0.497 e. The molecule has 0 spiro atoms. The summed E-state index contributed by atoms with van der Waals surface area (Å²) in [5.74, 6) is 0.766. The van der Waals surface area contributed by atoms with Gasteiger partial charge in [0, 0.05) is 13.6 Å². The summed E-state index contributed by atoms with van der Waals surface area (Å²) in [6.07, 6.45) is -0.589. The van der Waals surface area contributed by atoms with Crippen LogP contribution < -0.4 is 9.47 Å². The highest BCUT2D eigenvalue weighted by Crippen LogP contribution is 2.34. The van der Waals surface area contributed by atoms with E-state index in [4.69, 9.17) is 9.47 Å². The molecule has 1 N–H and O–H groups in total. The molecule has 1 aromatic rings. The average molecular weight is 332 g/mol. The number of methoxy groups -OCH3 is 2. The van der Waals surface area contributed by atoms with Crippen LogP contribution in [0, 0.1) is 0 Å². The van der Waals surface area contributed by atoms with Gasteiger partial charge in [-0.25, -0.2) is 0 Å². The summed E-state index contributed by atoms with van der Waals surface area (Å²) in [5.41, 5.74) is 0.386. The zero-order valence-electron chi connectivity index (χ0n) is 11.4. The fraction of sp³-hybridized carbons (Fsp3) is 0.462. The Kier molecular flexibility index (Phi) is 5.62. The maximum atomic E-state index is 12.3.